The molecular weight excluding hydrogens is 374 g/mol. The Kier molecular flexibility index (Phi) is 5.13. The molecule has 0 radical (unpaired) electrons. The summed E-state index contributed by atoms with van der Waals surface area (Å²) in [5, 5.41) is 0.723. The van der Waals surface area contributed by atoms with Gasteiger partial charge in [-0.3, -0.25) is 14.5 Å². The van der Waals surface area contributed by atoms with Gasteiger partial charge in [-0.25, -0.2) is 4.90 Å². The van der Waals surface area contributed by atoms with Crippen molar-refractivity contribution in [3.05, 3.63) is 58.6 Å². The number of halogens is 1. The molecule has 0 unspecified atom stereocenters. The van der Waals surface area contributed by atoms with Gasteiger partial charge >= 0.3 is 0 Å². The number of rotatable bonds is 3. The van der Waals surface area contributed by atoms with Crippen molar-refractivity contribution in [2.24, 2.45) is 0 Å². The molecule has 1 atom stereocenters. The van der Waals surface area contributed by atoms with Crippen molar-refractivity contribution in [2.45, 2.75) is 26.3 Å². The summed E-state index contributed by atoms with van der Waals surface area (Å²) in [6.45, 7) is 7.06. The van der Waals surface area contributed by atoms with Gasteiger partial charge < -0.3 is 4.90 Å². The number of carbonyl (C=O) groups is 2. The molecule has 2 fully saturated rings. The summed E-state index contributed by atoms with van der Waals surface area (Å²) in [6, 6.07) is 13.3. The van der Waals surface area contributed by atoms with E-state index >= 15 is 0 Å². The lowest BCUT2D eigenvalue weighted by atomic mass is 10.1. The maximum absolute atomic E-state index is 13.1. The molecule has 2 aliphatic rings. The second-order valence-electron chi connectivity index (χ2n) is 7.58. The van der Waals surface area contributed by atoms with Crippen LogP contribution in [0.1, 0.15) is 17.5 Å². The number of nitrogens with zero attached hydrogens (tertiary/aromatic N) is 3. The lowest BCUT2D eigenvalue weighted by Gasteiger charge is -2.38. The van der Waals surface area contributed by atoms with Crippen molar-refractivity contribution < 1.29 is 9.59 Å². The molecule has 2 aromatic rings. The van der Waals surface area contributed by atoms with Crippen LogP contribution in [0.3, 0.4) is 0 Å². The number of piperazine rings is 1. The predicted octanol–water partition coefficient (Wildman–Crippen LogP) is 3.41. The van der Waals surface area contributed by atoms with E-state index in [1.807, 2.05) is 56.3 Å². The molecular formula is C22H24ClN3O2. The summed E-state index contributed by atoms with van der Waals surface area (Å²) < 4.78 is 0. The Morgan fingerprint density at radius 3 is 2.39 bits per heavy atom. The Labute approximate surface area is 170 Å². The van der Waals surface area contributed by atoms with Crippen LogP contribution >= 0.6 is 11.6 Å². The Morgan fingerprint density at radius 1 is 0.964 bits per heavy atom. The summed E-state index contributed by atoms with van der Waals surface area (Å²) in [5.41, 5.74) is 3.88. The summed E-state index contributed by atoms with van der Waals surface area (Å²) in [7, 11) is 0. The molecule has 2 amide bonds. The zero-order chi connectivity index (χ0) is 19.8. The van der Waals surface area contributed by atoms with Crippen molar-refractivity contribution in [3.8, 4) is 0 Å². The fourth-order valence-corrected chi connectivity index (χ4v) is 4.36. The Morgan fingerprint density at radius 2 is 1.71 bits per heavy atom. The van der Waals surface area contributed by atoms with Crippen LogP contribution in [0.5, 0.6) is 0 Å². The van der Waals surface area contributed by atoms with Gasteiger partial charge in [0.25, 0.3) is 5.91 Å². The fraction of sp³-hybridized carbons (Fsp3) is 0.364. The van der Waals surface area contributed by atoms with Crippen molar-refractivity contribution in [1.29, 1.82) is 0 Å². The highest BCUT2D eigenvalue weighted by molar-refractivity contribution is 6.30. The Balaban J connectivity index is 1.46. The standard InChI is InChI=1S/C22H24ClN3O2/c1-15-6-7-19(16(2)12-15)26-21(27)14-20(22(26)28)25-10-8-24(9-11-25)18-5-3-4-17(23)13-18/h3-7,12-13,20H,8-11,14H2,1-2H3/t20-/m0/s1. The number of aryl methyl sites for hydroxylation is 2. The highest BCUT2D eigenvalue weighted by atomic mass is 35.5. The van der Waals surface area contributed by atoms with Crippen LogP contribution in [-0.2, 0) is 9.59 Å². The van der Waals surface area contributed by atoms with E-state index in [2.05, 4.69) is 9.80 Å². The van der Waals surface area contributed by atoms with E-state index in [0.717, 1.165) is 48.0 Å². The minimum absolute atomic E-state index is 0.104. The van der Waals surface area contributed by atoms with Gasteiger partial charge in [0.2, 0.25) is 5.91 Å². The van der Waals surface area contributed by atoms with Gasteiger partial charge in [-0.1, -0.05) is 35.4 Å². The van der Waals surface area contributed by atoms with Gasteiger partial charge in [0, 0.05) is 36.9 Å². The third kappa shape index (κ3) is 3.52. The first-order chi connectivity index (χ1) is 13.4. The second-order valence-corrected chi connectivity index (χ2v) is 8.02. The first-order valence-electron chi connectivity index (χ1n) is 9.62. The number of anilines is 2. The molecule has 0 N–H and O–H groups in total. The summed E-state index contributed by atoms with van der Waals surface area (Å²) in [4.78, 5) is 31.5. The zero-order valence-electron chi connectivity index (χ0n) is 16.2. The number of amides is 2. The first-order valence-corrected chi connectivity index (χ1v) is 10.0. The monoisotopic (exact) mass is 397 g/mol. The van der Waals surface area contributed by atoms with Crippen LogP contribution in [-0.4, -0.2) is 48.9 Å². The highest BCUT2D eigenvalue weighted by Crippen LogP contribution is 2.30. The van der Waals surface area contributed by atoms with E-state index in [1.165, 1.54) is 4.90 Å². The smallest absolute Gasteiger partial charge is 0.251 e. The van der Waals surface area contributed by atoms with Crippen LogP contribution in [0.15, 0.2) is 42.5 Å². The Bertz CT molecular complexity index is 922. The van der Waals surface area contributed by atoms with Crippen LogP contribution in [0, 0.1) is 13.8 Å². The molecule has 0 saturated carbocycles. The molecule has 4 rings (SSSR count). The third-order valence-corrected chi connectivity index (χ3v) is 5.88. The summed E-state index contributed by atoms with van der Waals surface area (Å²) in [5.74, 6) is -0.215. The normalized spacial score (nSPS) is 20.9. The maximum atomic E-state index is 13.1. The van der Waals surface area contributed by atoms with Gasteiger partial charge in [0.15, 0.2) is 0 Å². The number of carbonyl (C=O) groups excluding carboxylic acids is 2. The van der Waals surface area contributed by atoms with Crippen LogP contribution in [0.4, 0.5) is 11.4 Å². The van der Waals surface area contributed by atoms with Gasteiger partial charge in [-0.05, 0) is 43.7 Å². The van der Waals surface area contributed by atoms with Crippen LogP contribution in [0.25, 0.3) is 0 Å². The molecule has 2 aromatic carbocycles. The molecule has 0 aliphatic carbocycles. The maximum Gasteiger partial charge on any atom is 0.251 e. The molecule has 146 valence electrons. The van der Waals surface area contributed by atoms with Gasteiger partial charge in [-0.2, -0.15) is 0 Å². The van der Waals surface area contributed by atoms with Crippen molar-refractivity contribution in [2.75, 3.05) is 36.0 Å². The molecule has 6 heteroatoms. The van der Waals surface area contributed by atoms with E-state index in [9.17, 15) is 9.59 Å². The molecule has 0 aromatic heterocycles. The number of benzene rings is 2. The van der Waals surface area contributed by atoms with Crippen molar-refractivity contribution in [1.82, 2.24) is 4.90 Å². The Hall–Kier alpha value is -2.37. The number of imide groups is 1. The summed E-state index contributed by atoms with van der Waals surface area (Å²) in [6.07, 6.45) is 0.253. The lowest BCUT2D eigenvalue weighted by molar-refractivity contribution is -0.123. The van der Waals surface area contributed by atoms with Crippen molar-refractivity contribution >= 4 is 34.8 Å². The quantitative estimate of drug-likeness (QED) is 0.744. The summed E-state index contributed by atoms with van der Waals surface area (Å²) >= 11 is 6.10. The van der Waals surface area contributed by atoms with Crippen LogP contribution < -0.4 is 9.80 Å². The van der Waals surface area contributed by atoms with E-state index in [-0.39, 0.29) is 24.3 Å². The third-order valence-electron chi connectivity index (χ3n) is 5.64. The average Bonchev–Trinajstić information content (AvgIpc) is 2.96. The molecule has 28 heavy (non-hydrogen) atoms. The first kappa shape index (κ1) is 19.0. The SMILES string of the molecule is Cc1ccc(N2C(=O)C[C@H](N3CCN(c4cccc(Cl)c4)CC3)C2=O)c(C)c1. The molecule has 0 spiro atoms. The largest absolute Gasteiger partial charge is 0.369 e. The van der Waals surface area contributed by atoms with Crippen LogP contribution in [0.2, 0.25) is 5.02 Å². The van der Waals surface area contributed by atoms with E-state index in [1.54, 1.807) is 0 Å². The fourth-order valence-electron chi connectivity index (χ4n) is 4.18. The predicted molar refractivity (Wildman–Crippen MR) is 112 cm³/mol. The number of hydrogen-bond acceptors (Lipinski definition) is 4. The average molecular weight is 398 g/mol. The topological polar surface area (TPSA) is 43.9 Å². The minimum Gasteiger partial charge on any atom is -0.369 e. The molecule has 5 nitrogen and oxygen atoms in total. The minimum atomic E-state index is -0.366. The van der Waals surface area contributed by atoms with E-state index in [4.69, 9.17) is 11.6 Å². The van der Waals surface area contributed by atoms with Gasteiger partial charge in [0.05, 0.1) is 18.2 Å². The molecule has 2 aliphatic heterocycles. The molecule has 2 saturated heterocycles. The van der Waals surface area contributed by atoms with Gasteiger partial charge in [0.1, 0.15) is 0 Å². The highest BCUT2D eigenvalue weighted by Gasteiger charge is 2.43. The van der Waals surface area contributed by atoms with E-state index < -0.39 is 0 Å². The second kappa shape index (κ2) is 7.57. The number of hydrogen-bond donors (Lipinski definition) is 0. The zero-order valence-corrected chi connectivity index (χ0v) is 16.9. The van der Waals surface area contributed by atoms with Gasteiger partial charge in [-0.15, -0.1) is 0 Å². The molecule has 2 heterocycles. The lowest BCUT2D eigenvalue weighted by Crippen LogP contribution is -2.52. The molecule has 0 bridgehead atoms. The van der Waals surface area contributed by atoms with Crippen molar-refractivity contribution in [3.63, 3.8) is 0 Å². The van der Waals surface area contributed by atoms with E-state index in [0.29, 0.717) is 5.69 Å².